The molecule has 5 nitrogen and oxygen atoms in total. The second kappa shape index (κ2) is 8.80. The van der Waals surface area contributed by atoms with E-state index < -0.39 is 23.5 Å². The molecule has 0 fully saturated rings. The summed E-state index contributed by atoms with van der Waals surface area (Å²) in [6.45, 7) is 0.337. The maximum Gasteiger partial charge on any atom is 0.290 e. The van der Waals surface area contributed by atoms with Crippen molar-refractivity contribution >= 4 is 11.7 Å². The van der Waals surface area contributed by atoms with Gasteiger partial charge in [0.15, 0.2) is 11.5 Å². The molecule has 1 heterocycles. The smallest absolute Gasteiger partial charge is 0.290 e. The van der Waals surface area contributed by atoms with E-state index in [4.69, 9.17) is 4.74 Å². The third-order valence-electron chi connectivity index (χ3n) is 4.82. The first-order valence-electron chi connectivity index (χ1n) is 9.09. The molecule has 0 saturated heterocycles. The maximum absolute atomic E-state index is 14.5. The molecular weight excluding hydrogens is 361 g/mol. The minimum atomic E-state index is -0.966. The zero-order valence-electron chi connectivity index (χ0n) is 15.6. The van der Waals surface area contributed by atoms with Gasteiger partial charge < -0.3 is 14.7 Å². The highest BCUT2D eigenvalue weighted by atomic mass is 19.1. The summed E-state index contributed by atoms with van der Waals surface area (Å²) >= 11 is 0. The summed E-state index contributed by atoms with van der Waals surface area (Å²) in [6.07, 6.45) is 0.576. The van der Waals surface area contributed by atoms with Gasteiger partial charge in [-0.3, -0.25) is 9.59 Å². The molecule has 1 atom stereocenters. The van der Waals surface area contributed by atoms with Gasteiger partial charge in [0, 0.05) is 25.6 Å². The van der Waals surface area contributed by atoms with Crippen LogP contribution < -0.4 is 0 Å². The number of aliphatic hydroxyl groups excluding tert-OH is 1. The van der Waals surface area contributed by atoms with Crippen LogP contribution in [0, 0.1) is 5.82 Å². The zero-order valence-corrected chi connectivity index (χ0v) is 15.6. The van der Waals surface area contributed by atoms with Crippen LogP contribution in [0.4, 0.5) is 4.39 Å². The number of methoxy groups -OCH3 is 1. The lowest BCUT2D eigenvalue weighted by molar-refractivity contribution is -0.130. The van der Waals surface area contributed by atoms with Crippen LogP contribution in [-0.4, -0.2) is 42.0 Å². The Kier molecular flexibility index (Phi) is 6.21. The van der Waals surface area contributed by atoms with Gasteiger partial charge in [-0.1, -0.05) is 48.5 Å². The number of carbonyl (C=O) groups excluding carboxylic acids is 2. The highest BCUT2D eigenvalue weighted by Crippen LogP contribution is 2.39. The van der Waals surface area contributed by atoms with Gasteiger partial charge in [0.25, 0.3) is 5.91 Å². The second-order valence-corrected chi connectivity index (χ2v) is 6.59. The number of hydrogen-bond donors (Lipinski definition) is 1. The Morgan fingerprint density at radius 1 is 1.14 bits per heavy atom. The van der Waals surface area contributed by atoms with Crippen LogP contribution in [0.15, 0.2) is 65.9 Å². The zero-order chi connectivity index (χ0) is 20.1. The minimum Gasteiger partial charge on any atom is -0.503 e. The Hall–Kier alpha value is -2.99. The van der Waals surface area contributed by atoms with Crippen LogP contribution in [0.5, 0.6) is 0 Å². The van der Waals surface area contributed by atoms with E-state index in [2.05, 4.69) is 0 Å². The lowest BCUT2D eigenvalue weighted by Crippen LogP contribution is -2.34. The normalized spacial score (nSPS) is 16.7. The van der Waals surface area contributed by atoms with E-state index in [9.17, 15) is 19.1 Å². The molecule has 1 N–H and O–H groups in total. The molecule has 146 valence electrons. The lowest BCUT2D eigenvalue weighted by atomic mass is 9.93. The first kappa shape index (κ1) is 19.8. The number of rotatable bonds is 8. The Balaban J connectivity index is 1.92. The number of halogens is 1. The molecule has 0 radical (unpaired) electrons. The molecule has 28 heavy (non-hydrogen) atoms. The molecule has 2 aromatic rings. The van der Waals surface area contributed by atoms with Crippen molar-refractivity contribution in [1.82, 2.24) is 4.90 Å². The van der Waals surface area contributed by atoms with Crippen molar-refractivity contribution in [3.05, 3.63) is 82.9 Å². The molecule has 2 aromatic carbocycles. The number of aryl methyl sites for hydroxylation is 1. The fourth-order valence-electron chi connectivity index (χ4n) is 3.42. The van der Waals surface area contributed by atoms with Gasteiger partial charge in [-0.05, 0) is 18.1 Å². The summed E-state index contributed by atoms with van der Waals surface area (Å²) in [5.41, 5.74) is 1.10. The van der Waals surface area contributed by atoms with Crippen LogP contribution in [0.25, 0.3) is 0 Å². The van der Waals surface area contributed by atoms with E-state index in [0.717, 1.165) is 5.56 Å². The van der Waals surface area contributed by atoms with E-state index in [1.807, 2.05) is 30.3 Å². The van der Waals surface area contributed by atoms with Crippen molar-refractivity contribution in [2.75, 3.05) is 20.3 Å². The summed E-state index contributed by atoms with van der Waals surface area (Å²) in [5.74, 6) is -2.20. The number of ketones is 1. The number of ether oxygens (including phenoxy) is 1. The van der Waals surface area contributed by atoms with Crippen molar-refractivity contribution in [1.29, 1.82) is 0 Å². The molecular formula is C22H22FNO4. The SMILES string of the molecule is COCCN1C(=O)C(O)=C(C(=O)CCc2ccccc2)C1c1ccccc1F. The molecule has 3 rings (SSSR count). The average molecular weight is 383 g/mol. The molecule has 6 heteroatoms. The van der Waals surface area contributed by atoms with Crippen LogP contribution in [0.3, 0.4) is 0 Å². The molecule has 0 saturated carbocycles. The average Bonchev–Trinajstić information content (AvgIpc) is 2.96. The standard InChI is InChI=1S/C22H22FNO4/c1-28-14-13-24-20(16-9-5-6-10-17(16)23)19(21(26)22(24)27)18(25)12-11-15-7-3-2-4-8-15/h2-10,20,26H,11-14H2,1H3. The molecule has 1 aliphatic heterocycles. The van der Waals surface area contributed by atoms with Gasteiger partial charge in [0.1, 0.15) is 5.82 Å². The molecule has 0 aromatic heterocycles. The van der Waals surface area contributed by atoms with Crippen molar-refractivity contribution in [3.63, 3.8) is 0 Å². The van der Waals surface area contributed by atoms with Crippen LogP contribution in [0.2, 0.25) is 0 Å². The lowest BCUT2D eigenvalue weighted by Gasteiger charge is -2.26. The molecule has 0 bridgehead atoms. The van der Waals surface area contributed by atoms with Crippen molar-refractivity contribution in [2.24, 2.45) is 0 Å². The van der Waals surface area contributed by atoms with E-state index in [1.54, 1.807) is 6.07 Å². The number of aliphatic hydroxyl groups is 1. The molecule has 1 aliphatic rings. The van der Waals surface area contributed by atoms with Gasteiger partial charge in [-0.25, -0.2) is 4.39 Å². The number of carbonyl (C=O) groups is 2. The van der Waals surface area contributed by atoms with Crippen molar-refractivity contribution < 1.29 is 23.8 Å². The summed E-state index contributed by atoms with van der Waals surface area (Å²) in [6, 6.07) is 14.5. The van der Waals surface area contributed by atoms with Gasteiger partial charge in [0.2, 0.25) is 0 Å². The van der Waals surface area contributed by atoms with Crippen molar-refractivity contribution in [3.8, 4) is 0 Å². The first-order chi connectivity index (χ1) is 13.5. The number of Topliss-reactive ketones (excluding diaryl/α,β-unsaturated/α-hetero) is 1. The maximum atomic E-state index is 14.5. The van der Waals surface area contributed by atoms with Gasteiger partial charge in [0.05, 0.1) is 18.2 Å². The third-order valence-corrected chi connectivity index (χ3v) is 4.82. The third kappa shape index (κ3) is 3.97. The topological polar surface area (TPSA) is 66.8 Å². The fourth-order valence-corrected chi connectivity index (χ4v) is 3.42. The number of benzene rings is 2. The van der Waals surface area contributed by atoms with Crippen LogP contribution in [0.1, 0.15) is 23.6 Å². The van der Waals surface area contributed by atoms with E-state index in [0.29, 0.717) is 6.42 Å². The minimum absolute atomic E-state index is 0.0536. The first-order valence-corrected chi connectivity index (χ1v) is 9.09. The summed E-state index contributed by atoms with van der Waals surface area (Å²) in [5, 5.41) is 10.4. The van der Waals surface area contributed by atoms with Crippen LogP contribution >= 0.6 is 0 Å². The van der Waals surface area contributed by atoms with E-state index >= 15 is 0 Å². The predicted octanol–water partition coefficient (Wildman–Crippen LogP) is 3.37. The Morgan fingerprint density at radius 2 is 1.82 bits per heavy atom. The molecule has 0 aliphatic carbocycles. The Bertz CT molecular complexity index is 894. The highest BCUT2D eigenvalue weighted by molar-refractivity contribution is 6.09. The molecule has 1 unspecified atom stereocenters. The number of hydrogen-bond acceptors (Lipinski definition) is 4. The Morgan fingerprint density at radius 3 is 2.50 bits per heavy atom. The fraction of sp³-hybridized carbons (Fsp3) is 0.273. The highest BCUT2D eigenvalue weighted by Gasteiger charge is 2.43. The molecule has 1 amide bonds. The van der Waals surface area contributed by atoms with Gasteiger partial charge >= 0.3 is 0 Å². The number of amides is 1. The second-order valence-electron chi connectivity index (χ2n) is 6.59. The largest absolute Gasteiger partial charge is 0.503 e. The van der Waals surface area contributed by atoms with Gasteiger partial charge in [-0.15, -0.1) is 0 Å². The van der Waals surface area contributed by atoms with Crippen LogP contribution in [-0.2, 0) is 20.7 Å². The predicted molar refractivity (Wildman–Crippen MR) is 102 cm³/mol. The quantitative estimate of drug-likeness (QED) is 0.759. The monoisotopic (exact) mass is 383 g/mol. The summed E-state index contributed by atoms with van der Waals surface area (Å²) in [4.78, 5) is 26.8. The van der Waals surface area contributed by atoms with Gasteiger partial charge in [-0.2, -0.15) is 0 Å². The number of nitrogens with zero attached hydrogens (tertiary/aromatic N) is 1. The summed E-state index contributed by atoms with van der Waals surface area (Å²) < 4.78 is 19.5. The van der Waals surface area contributed by atoms with E-state index in [-0.39, 0.29) is 36.5 Å². The molecule has 0 spiro atoms. The van der Waals surface area contributed by atoms with Crippen molar-refractivity contribution in [2.45, 2.75) is 18.9 Å². The summed E-state index contributed by atoms with van der Waals surface area (Å²) in [7, 11) is 1.48. The van der Waals surface area contributed by atoms with E-state index in [1.165, 1.54) is 30.2 Å². The Labute approximate surface area is 163 Å².